The SMILES string of the molecule is Nc1nnc(Cc2ccc3ncc(Br)cc3c2)o1. The summed E-state index contributed by atoms with van der Waals surface area (Å²) in [5.74, 6) is 0.509. The van der Waals surface area contributed by atoms with Gasteiger partial charge in [0.05, 0.1) is 11.9 Å². The fourth-order valence-corrected chi connectivity index (χ4v) is 2.13. The van der Waals surface area contributed by atoms with Gasteiger partial charge in [-0.25, -0.2) is 0 Å². The number of nitrogens with two attached hydrogens (primary N) is 1. The Labute approximate surface area is 111 Å². The molecule has 5 nitrogen and oxygen atoms in total. The zero-order valence-corrected chi connectivity index (χ0v) is 10.9. The Morgan fingerprint density at radius 3 is 2.89 bits per heavy atom. The molecular weight excluding hydrogens is 296 g/mol. The molecule has 0 atom stereocenters. The monoisotopic (exact) mass is 304 g/mol. The summed E-state index contributed by atoms with van der Waals surface area (Å²) in [4.78, 5) is 4.31. The molecule has 0 fully saturated rings. The summed E-state index contributed by atoms with van der Waals surface area (Å²) in [6.45, 7) is 0. The number of hydrogen-bond donors (Lipinski definition) is 1. The van der Waals surface area contributed by atoms with Gasteiger partial charge in [0.15, 0.2) is 0 Å². The van der Waals surface area contributed by atoms with Gasteiger partial charge in [0.25, 0.3) is 0 Å². The highest BCUT2D eigenvalue weighted by atomic mass is 79.9. The normalized spacial score (nSPS) is 10.9. The Morgan fingerprint density at radius 2 is 2.11 bits per heavy atom. The van der Waals surface area contributed by atoms with Crippen molar-refractivity contribution in [3.8, 4) is 0 Å². The van der Waals surface area contributed by atoms with E-state index in [2.05, 4.69) is 31.1 Å². The van der Waals surface area contributed by atoms with Crippen molar-refractivity contribution in [2.45, 2.75) is 6.42 Å². The van der Waals surface area contributed by atoms with E-state index in [-0.39, 0.29) is 6.01 Å². The molecule has 1 aromatic carbocycles. The van der Waals surface area contributed by atoms with Gasteiger partial charge < -0.3 is 10.2 Å². The van der Waals surface area contributed by atoms with Gasteiger partial charge in [-0.3, -0.25) is 4.98 Å². The van der Waals surface area contributed by atoms with Crippen LogP contribution in [0.25, 0.3) is 10.9 Å². The van der Waals surface area contributed by atoms with E-state index in [4.69, 9.17) is 10.2 Å². The molecule has 18 heavy (non-hydrogen) atoms. The van der Waals surface area contributed by atoms with Crippen LogP contribution in [0.3, 0.4) is 0 Å². The van der Waals surface area contributed by atoms with E-state index in [1.165, 1.54) is 0 Å². The van der Waals surface area contributed by atoms with Crippen molar-refractivity contribution in [3.63, 3.8) is 0 Å². The number of anilines is 1. The molecule has 0 amide bonds. The second kappa shape index (κ2) is 4.38. The van der Waals surface area contributed by atoms with Gasteiger partial charge >= 0.3 is 6.01 Å². The number of nitrogens with zero attached hydrogens (tertiary/aromatic N) is 3. The summed E-state index contributed by atoms with van der Waals surface area (Å²) in [5, 5.41) is 8.54. The number of pyridine rings is 1. The van der Waals surface area contributed by atoms with Crippen molar-refractivity contribution in [2.24, 2.45) is 0 Å². The summed E-state index contributed by atoms with van der Waals surface area (Å²) in [7, 11) is 0. The van der Waals surface area contributed by atoms with Crippen LogP contribution >= 0.6 is 15.9 Å². The summed E-state index contributed by atoms with van der Waals surface area (Å²) in [6, 6.07) is 8.12. The second-order valence-corrected chi connectivity index (χ2v) is 4.81. The fraction of sp³-hybridized carbons (Fsp3) is 0.0833. The van der Waals surface area contributed by atoms with E-state index in [9.17, 15) is 0 Å². The van der Waals surface area contributed by atoms with Gasteiger partial charge in [-0.2, -0.15) is 0 Å². The summed E-state index contributed by atoms with van der Waals surface area (Å²) >= 11 is 3.41. The fourth-order valence-electron chi connectivity index (χ4n) is 1.78. The Bertz CT molecular complexity index is 710. The molecule has 2 aromatic heterocycles. The van der Waals surface area contributed by atoms with E-state index >= 15 is 0 Å². The Morgan fingerprint density at radius 1 is 1.22 bits per heavy atom. The highest BCUT2D eigenvalue weighted by Gasteiger charge is 2.05. The topological polar surface area (TPSA) is 77.8 Å². The van der Waals surface area contributed by atoms with Crippen molar-refractivity contribution in [1.29, 1.82) is 0 Å². The first-order chi connectivity index (χ1) is 8.70. The summed E-state index contributed by atoms with van der Waals surface area (Å²) < 4.78 is 6.11. The maximum Gasteiger partial charge on any atom is 0.312 e. The number of rotatable bonds is 2. The first-order valence-corrected chi connectivity index (χ1v) is 6.12. The molecular formula is C12H9BrN4O. The summed E-state index contributed by atoms with van der Waals surface area (Å²) in [5.41, 5.74) is 7.41. The lowest BCUT2D eigenvalue weighted by Crippen LogP contribution is -1.89. The van der Waals surface area contributed by atoms with E-state index in [1.54, 1.807) is 6.20 Å². The standard InChI is InChI=1S/C12H9BrN4O/c13-9-5-8-3-7(1-2-10(8)15-6-9)4-11-16-17-12(14)18-11/h1-3,5-6H,4H2,(H2,14,17). The highest BCUT2D eigenvalue weighted by molar-refractivity contribution is 9.10. The third-order valence-corrected chi connectivity index (χ3v) is 2.98. The molecule has 6 heteroatoms. The summed E-state index contributed by atoms with van der Waals surface area (Å²) in [6.07, 6.45) is 2.34. The molecule has 0 aliphatic rings. The van der Waals surface area contributed by atoms with E-state index < -0.39 is 0 Å². The number of halogens is 1. The highest BCUT2D eigenvalue weighted by Crippen LogP contribution is 2.20. The van der Waals surface area contributed by atoms with Gasteiger partial charge in [0, 0.05) is 16.1 Å². The third kappa shape index (κ3) is 2.19. The molecule has 0 aliphatic carbocycles. The zero-order valence-electron chi connectivity index (χ0n) is 9.30. The predicted molar refractivity (Wildman–Crippen MR) is 71.0 cm³/mol. The number of benzene rings is 1. The Balaban J connectivity index is 1.97. The first kappa shape index (κ1) is 11.2. The van der Waals surface area contributed by atoms with Crippen LogP contribution in [0.15, 0.2) is 39.4 Å². The van der Waals surface area contributed by atoms with Crippen LogP contribution in [0.1, 0.15) is 11.5 Å². The smallest absolute Gasteiger partial charge is 0.312 e. The van der Waals surface area contributed by atoms with Crippen molar-refractivity contribution >= 4 is 32.8 Å². The molecule has 90 valence electrons. The van der Waals surface area contributed by atoms with Crippen LogP contribution in [0.2, 0.25) is 0 Å². The average molecular weight is 305 g/mol. The quantitative estimate of drug-likeness (QED) is 0.787. The molecule has 0 unspecified atom stereocenters. The van der Waals surface area contributed by atoms with Gasteiger partial charge in [-0.05, 0) is 39.7 Å². The lowest BCUT2D eigenvalue weighted by atomic mass is 10.1. The molecule has 0 aliphatic heterocycles. The molecule has 3 aromatic rings. The Kier molecular flexibility index (Phi) is 2.71. The minimum atomic E-state index is 0.0928. The van der Waals surface area contributed by atoms with E-state index in [0.29, 0.717) is 12.3 Å². The lowest BCUT2D eigenvalue weighted by molar-refractivity contribution is 0.523. The van der Waals surface area contributed by atoms with Crippen LogP contribution in [-0.4, -0.2) is 15.2 Å². The van der Waals surface area contributed by atoms with Gasteiger partial charge in [0.2, 0.25) is 5.89 Å². The first-order valence-electron chi connectivity index (χ1n) is 5.33. The molecule has 3 rings (SSSR count). The van der Waals surface area contributed by atoms with Crippen molar-refractivity contribution in [2.75, 3.05) is 5.73 Å². The molecule has 2 heterocycles. The maximum atomic E-state index is 5.39. The van der Waals surface area contributed by atoms with Gasteiger partial charge in [-0.1, -0.05) is 11.2 Å². The van der Waals surface area contributed by atoms with Crippen LogP contribution in [0.4, 0.5) is 6.01 Å². The van der Waals surface area contributed by atoms with Gasteiger partial charge in [-0.15, -0.1) is 5.10 Å². The molecule has 0 spiro atoms. The van der Waals surface area contributed by atoms with Crippen molar-refractivity contribution in [3.05, 3.63) is 46.4 Å². The van der Waals surface area contributed by atoms with Crippen LogP contribution in [-0.2, 0) is 6.42 Å². The van der Waals surface area contributed by atoms with E-state index in [0.717, 1.165) is 20.9 Å². The maximum absolute atomic E-state index is 5.39. The van der Waals surface area contributed by atoms with Gasteiger partial charge in [0.1, 0.15) is 0 Å². The second-order valence-electron chi connectivity index (χ2n) is 3.89. The lowest BCUT2D eigenvalue weighted by Gasteiger charge is -2.01. The van der Waals surface area contributed by atoms with E-state index in [1.807, 2.05) is 24.3 Å². The molecule has 0 bridgehead atoms. The number of aromatic nitrogens is 3. The largest absolute Gasteiger partial charge is 0.408 e. The predicted octanol–water partition coefficient (Wildman–Crippen LogP) is 2.55. The van der Waals surface area contributed by atoms with Crippen LogP contribution in [0, 0.1) is 0 Å². The third-order valence-electron chi connectivity index (χ3n) is 2.55. The van der Waals surface area contributed by atoms with Crippen molar-refractivity contribution < 1.29 is 4.42 Å². The molecule has 0 saturated carbocycles. The average Bonchev–Trinajstić information content (AvgIpc) is 2.74. The number of fused-ring (bicyclic) bond motifs is 1. The van der Waals surface area contributed by atoms with Crippen molar-refractivity contribution in [1.82, 2.24) is 15.2 Å². The minimum absolute atomic E-state index is 0.0928. The number of nitrogen functional groups attached to an aromatic ring is 1. The van der Waals surface area contributed by atoms with Crippen LogP contribution < -0.4 is 5.73 Å². The molecule has 0 radical (unpaired) electrons. The molecule has 2 N–H and O–H groups in total. The minimum Gasteiger partial charge on any atom is -0.408 e. The van der Waals surface area contributed by atoms with Crippen LogP contribution in [0.5, 0.6) is 0 Å². The zero-order chi connectivity index (χ0) is 12.5. The Hall–Kier alpha value is -1.95. The molecule has 0 saturated heterocycles. The number of hydrogen-bond acceptors (Lipinski definition) is 5.